The van der Waals surface area contributed by atoms with E-state index in [0.717, 1.165) is 11.3 Å². The lowest BCUT2D eigenvalue weighted by Gasteiger charge is -2.10. The van der Waals surface area contributed by atoms with Crippen molar-refractivity contribution < 1.29 is 18.9 Å². The lowest BCUT2D eigenvalue weighted by atomic mass is 10.2. The lowest BCUT2D eigenvalue weighted by Crippen LogP contribution is -2.00. The Hall–Kier alpha value is -1.10. The van der Waals surface area contributed by atoms with Crippen LogP contribution in [0.5, 0.6) is 5.75 Å². The second kappa shape index (κ2) is 5.11. The van der Waals surface area contributed by atoms with Gasteiger partial charge in [0, 0.05) is 12.7 Å². The summed E-state index contributed by atoms with van der Waals surface area (Å²) in [5, 5.41) is 0. The van der Waals surface area contributed by atoms with Crippen LogP contribution in [0.2, 0.25) is 0 Å². The molecule has 0 bridgehead atoms. The molecule has 0 unspecified atom stereocenters. The zero-order chi connectivity index (χ0) is 10.5. The summed E-state index contributed by atoms with van der Waals surface area (Å²) in [6.07, 6.45) is -0.221. The van der Waals surface area contributed by atoms with Crippen molar-refractivity contribution in [2.45, 2.75) is 6.29 Å². The van der Waals surface area contributed by atoms with E-state index in [0.29, 0.717) is 13.2 Å². The van der Waals surface area contributed by atoms with Gasteiger partial charge in [-0.25, -0.2) is 0 Å². The van der Waals surface area contributed by atoms with Gasteiger partial charge in [-0.3, -0.25) is 0 Å². The molecular weight excluding hydrogens is 196 g/mol. The van der Waals surface area contributed by atoms with Crippen LogP contribution in [0.15, 0.2) is 24.3 Å². The molecule has 0 aliphatic carbocycles. The summed E-state index contributed by atoms with van der Waals surface area (Å²) in [7, 11) is 1.59. The zero-order valence-corrected chi connectivity index (χ0v) is 8.64. The van der Waals surface area contributed by atoms with Crippen molar-refractivity contribution in [1.82, 2.24) is 0 Å². The summed E-state index contributed by atoms with van der Waals surface area (Å²) in [5.74, 6) is 0.776. The molecule has 15 heavy (non-hydrogen) atoms. The van der Waals surface area contributed by atoms with Crippen LogP contribution in [0.1, 0.15) is 11.9 Å². The molecule has 1 aromatic rings. The molecule has 0 spiro atoms. The van der Waals surface area contributed by atoms with Gasteiger partial charge in [0.2, 0.25) is 0 Å². The number of ether oxygens (including phenoxy) is 4. The summed E-state index contributed by atoms with van der Waals surface area (Å²) >= 11 is 0. The summed E-state index contributed by atoms with van der Waals surface area (Å²) in [6.45, 7) is 1.58. The molecule has 4 heteroatoms. The maximum absolute atomic E-state index is 5.37. The molecule has 1 fully saturated rings. The van der Waals surface area contributed by atoms with Crippen LogP contribution in [0, 0.1) is 0 Å². The van der Waals surface area contributed by atoms with E-state index in [9.17, 15) is 0 Å². The van der Waals surface area contributed by atoms with Crippen LogP contribution >= 0.6 is 0 Å². The molecule has 4 nitrogen and oxygen atoms in total. The molecular formula is C11H14O4. The highest BCUT2D eigenvalue weighted by Crippen LogP contribution is 2.24. The predicted molar refractivity (Wildman–Crippen MR) is 53.6 cm³/mol. The minimum absolute atomic E-state index is 0.221. The maximum atomic E-state index is 5.37. The third-order valence-corrected chi connectivity index (χ3v) is 2.12. The average molecular weight is 210 g/mol. The summed E-state index contributed by atoms with van der Waals surface area (Å²) < 4.78 is 20.8. The Bertz CT molecular complexity index is 290. The minimum Gasteiger partial charge on any atom is -0.468 e. The molecule has 0 N–H and O–H groups in total. The van der Waals surface area contributed by atoms with Crippen molar-refractivity contribution in [1.29, 1.82) is 0 Å². The average Bonchev–Trinajstić information content (AvgIpc) is 2.80. The monoisotopic (exact) mass is 210 g/mol. The predicted octanol–water partition coefficient (Wildman–Crippen LogP) is 1.71. The Balaban J connectivity index is 1.96. The molecule has 1 aromatic carbocycles. The van der Waals surface area contributed by atoms with Gasteiger partial charge in [-0.15, -0.1) is 0 Å². The zero-order valence-electron chi connectivity index (χ0n) is 8.64. The Kier molecular flexibility index (Phi) is 3.55. The number of benzene rings is 1. The van der Waals surface area contributed by atoms with Crippen LogP contribution < -0.4 is 4.74 Å². The van der Waals surface area contributed by atoms with E-state index < -0.39 is 0 Å². The second-order valence-electron chi connectivity index (χ2n) is 3.19. The lowest BCUT2D eigenvalue weighted by molar-refractivity contribution is -0.0441. The minimum atomic E-state index is -0.221. The molecule has 1 aliphatic heterocycles. The molecule has 1 saturated heterocycles. The second-order valence-corrected chi connectivity index (χ2v) is 3.19. The Labute approximate surface area is 88.7 Å². The van der Waals surface area contributed by atoms with Gasteiger partial charge in [0.05, 0.1) is 13.2 Å². The molecule has 0 amide bonds. The fraction of sp³-hybridized carbons (Fsp3) is 0.455. The number of rotatable bonds is 4. The van der Waals surface area contributed by atoms with Crippen molar-refractivity contribution in [3.63, 3.8) is 0 Å². The molecule has 0 atom stereocenters. The standard InChI is InChI=1S/C11H14O4/c1-12-8-15-10-4-2-9(3-5-10)11-13-6-7-14-11/h2-5,11H,6-8H2,1H3. The number of hydrogen-bond donors (Lipinski definition) is 0. The van der Waals surface area contributed by atoms with Crippen molar-refractivity contribution in [3.8, 4) is 5.75 Å². The van der Waals surface area contributed by atoms with Gasteiger partial charge in [0.1, 0.15) is 5.75 Å². The van der Waals surface area contributed by atoms with E-state index in [4.69, 9.17) is 18.9 Å². The topological polar surface area (TPSA) is 36.9 Å². The fourth-order valence-corrected chi connectivity index (χ4v) is 1.40. The summed E-state index contributed by atoms with van der Waals surface area (Å²) in [4.78, 5) is 0. The van der Waals surface area contributed by atoms with E-state index in [-0.39, 0.29) is 13.1 Å². The molecule has 2 rings (SSSR count). The largest absolute Gasteiger partial charge is 0.468 e. The molecule has 82 valence electrons. The van der Waals surface area contributed by atoms with Gasteiger partial charge < -0.3 is 18.9 Å². The van der Waals surface area contributed by atoms with E-state index in [2.05, 4.69) is 0 Å². The first-order valence-electron chi connectivity index (χ1n) is 4.85. The van der Waals surface area contributed by atoms with Crippen LogP contribution in [0.25, 0.3) is 0 Å². The van der Waals surface area contributed by atoms with Gasteiger partial charge in [-0.1, -0.05) is 12.1 Å². The van der Waals surface area contributed by atoms with Gasteiger partial charge in [0.15, 0.2) is 13.1 Å². The van der Waals surface area contributed by atoms with Crippen molar-refractivity contribution in [3.05, 3.63) is 29.8 Å². The molecule has 1 heterocycles. The van der Waals surface area contributed by atoms with Crippen molar-refractivity contribution >= 4 is 0 Å². The molecule has 0 radical (unpaired) electrons. The summed E-state index contributed by atoms with van der Waals surface area (Å²) in [5.41, 5.74) is 1.01. The number of methoxy groups -OCH3 is 1. The SMILES string of the molecule is COCOc1ccc(C2OCCO2)cc1. The van der Waals surface area contributed by atoms with Gasteiger partial charge in [0.25, 0.3) is 0 Å². The van der Waals surface area contributed by atoms with E-state index >= 15 is 0 Å². The van der Waals surface area contributed by atoms with E-state index in [1.54, 1.807) is 7.11 Å². The van der Waals surface area contributed by atoms with E-state index in [1.165, 1.54) is 0 Å². The Morgan fingerprint density at radius 1 is 1.20 bits per heavy atom. The van der Waals surface area contributed by atoms with Crippen LogP contribution in [0.4, 0.5) is 0 Å². The van der Waals surface area contributed by atoms with Gasteiger partial charge in [-0.05, 0) is 12.1 Å². The van der Waals surface area contributed by atoms with Crippen LogP contribution in [-0.4, -0.2) is 27.1 Å². The van der Waals surface area contributed by atoms with Crippen LogP contribution in [0.3, 0.4) is 0 Å². The highest BCUT2D eigenvalue weighted by Gasteiger charge is 2.17. The normalized spacial score (nSPS) is 16.9. The first-order valence-corrected chi connectivity index (χ1v) is 4.85. The molecule has 0 saturated carbocycles. The van der Waals surface area contributed by atoms with Gasteiger partial charge in [-0.2, -0.15) is 0 Å². The highest BCUT2D eigenvalue weighted by atomic mass is 16.7. The van der Waals surface area contributed by atoms with Crippen molar-refractivity contribution in [2.75, 3.05) is 27.1 Å². The molecule has 1 aliphatic rings. The maximum Gasteiger partial charge on any atom is 0.188 e. The Morgan fingerprint density at radius 2 is 1.87 bits per heavy atom. The van der Waals surface area contributed by atoms with Crippen molar-refractivity contribution in [2.24, 2.45) is 0 Å². The third kappa shape index (κ3) is 2.68. The first-order chi connectivity index (χ1) is 7.40. The quantitative estimate of drug-likeness (QED) is 0.709. The van der Waals surface area contributed by atoms with E-state index in [1.807, 2.05) is 24.3 Å². The Morgan fingerprint density at radius 3 is 2.47 bits per heavy atom. The first kappa shape index (κ1) is 10.4. The van der Waals surface area contributed by atoms with Gasteiger partial charge >= 0.3 is 0 Å². The third-order valence-electron chi connectivity index (χ3n) is 2.12. The highest BCUT2D eigenvalue weighted by molar-refractivity contribution is 5.28. The smallest absolute Gasteiger partial charge is 0.188 e. The number of hydrogen-bond acceptors (Lipinski definition) is 4. The molecule has 0 aromatic heterocycles. The van der Waals surface area contributed by atoms with Crippen LogP contribution in [-0.2, 0) is 14.2 Å². The fourth-order valence-electron chi connectivity index (χ4n) is 1.40. The summed E-state index contributed by atoms with van der Waals surface area (Å²) in [6, 6.07) is 7.61.